The fourth-order valence-electron chi connectivity index (χ4n) is 3.27. The van der Waals surface area contributed by atoms with E-state index in [9.17, 15) is 0 Å². The van der Waals surface area contributed by atoms with Crippen molar-refractivity contribution in [3.63, 3.8) is 0 Å². The van der Waals surface area contributed by atoms with Gasteiger partial charge in [-0.25, -0.2) is 0 Å². The number of benzene rings is 1. The van der Waals surface area contributed by atoms with Gasteiger partial charge in [0.25, 0.3) is 0 Å². The third kappa shape index (κ3) is 4.54. The molecule has 21 heavy (non-hydrogen) atoms. The second-order valence-corrected chi connectivity index (χ2v) is 8.16. The Kier molecular flexibility index (Phi) is 5.87. The van der Waals surface area contributed by atoms with Crippen LogP contribution in [0.15, 0.2) is 28.7 Å². The van der Waals surface area contributed by atoms with Crippen LogP contribution < -0.4 is 5.32 Å². The van der Waals surface area contributed by atoms with Gasteiger partial charge in [-0.15, -0.1) is 0 Å². The summed E-state index contributed by atoms with van der Waals surface area (Å²) in [6, 6.07) is 8.97. The fraction of sp³-hybridized carbons (Fsp3) is 0.667. The molecular weight excluding hydrogens is 324 g/mol. The number of hydrogen-bond acceptors (Lipinski definition) is 2. The maximum atomic E-state index is 3.67. The third-order valence-corrected chi connectivity index (χ3v) is 5.58. The molecule has 0 spiro atoms. The SMILES string of the molecule is CNC(CCN1CCC(C(C)(C)C)C1)c1ccccc1Br. The monoisotopic (exact) mass is 352 g/mol. The van der Waals surface area contributed by atoms with E-state index in [1.807, 2.05) is 0 Å². The number of nitrogens with one attached hydrogen (secondary N) is 1. The lowest BCUT2D eigenvalue weighted by Gasteiger charge is -2.27. The van der Waals surface area contributed by atoms with Crippen LogP contribution in [0.2, 0.25) is 0 Å². The molecule has 1 saturated heterocycles. The lowest BCUT2D eigenvalue weighted by atomic mass is 9.80. The molecule has 2 atom stereocenters. The van der Waals surface area contributed by atoms with Crippen LogP contribution in [-0.4, -0.2) is 31.6 Å². The van der Waals surface area contributed by atoms with E-state index in [2.05, 4.69) is 78.2 Å². The predicted octanol–water partition coefficient (Wildman–Crippen LogP) is 4.47. The van der Waals surface area contributed by atoms with Gasteiger partial charge in [0.15, 0.2) is 0 Å². The molecule has 1 N–H and O–H groups in total. The smallest absolute Gasteiger partial charge is 0.0340 e. The number of halogens is 1. The van der Waals surface area contributed by atoms with Gasteiger partial charge in [-0.1, -0.05) is 54.9 Å². The molecule has 0 saturated carbocycles. The highest BCUT2D eigenvalue weighted by Gasteiger charge is 2.31. The van der Waals surface area contributed by atoms with Crippen LogP contribution in [0.4, 0.5) is 0 Å². The van der Waals surface area contributed by atoms with Gasteiger partial charge in [0, 0.05) is 17.1 Å². The van der Waals surface area contributed by atoms with Crippen molar-refractivity contribution in [2.45, 2.75) is 39.7 Å². The van der Waals surface area contributed by atoms with E-state index in [0.29, 0.717) is 11.5 Å². The zero-order chi connectivity index (χ0) is 15.5. The second-order valence-electron chi connectivity index (χ2n) is 7.30. The summed E-state index contributed by atoms with van der Waals surface area (Å²) in [7, 11) is 2.06. The molecule has 0 aliphatic carbocycles. The van der Waals surface area contributed by atoms with E-state index in [1.54, 1.807) is 0 Å². The van der Waals surface area contributed by atoms with Crippen molar-refractivity contribution in [1.82, 2.24) is 10.2 Å². The zero-order valence-corrected chi connectivity index (χ0v) is 15.4. The van der Waals surface area contributed by atoms with Crippen molar-refractivity contribution in [2.75, 3.05) is 26.7 Å². The van der Waals surface area contributed by atoms with Gasteiger partial charge in [0.2, 0.25) is 0 Å². The summed E-state index contributed by atoms with van der Waals surface area (Å²) in [5.74, 6) is 0.842. The lowest BCUT2D eigenvalue weighted by Crippen LogP contribution is -2.29. The average molecular weight is 353 g/mol. The number of hydrogen-bond donors (Lipinski definition) is 1. The predicted molar refractivity (Wildman–Crippen MR) is 94.6 cm³/mol. The number of likely N-dealkylation sites (tertiary alicyclic amines) is 1. The van der Waals surface area contributed by atoms with Crippen molar-refractivity contribution in [3.05, 3.63) is 34.3 Å². The molecule has 118 valence electrons. The Bertz CT molecular complexity index is 453. The summed E-state index contributed by atoms with van der Waals surface area (Å²) in [4.78, 5) is 2.64. The lowest BCUT2D eigenvalue weighted by molar-refractivity contribution is 0.225. The molecule has 0 radical (unpaired) electrons. The minimum atomic E-state index is 0.425. The summed E-state index contributed by atoms with van der Waals surface area (Å²) < 4.78 is 1.21. The summed E-state index contributed by atoms with van der Waals surface area (Å²) in [6.45, 7) is 10.8. The van der Waals surface area contributed by atoms with Crippen LogP contribution in [0.1, 0.15) is 45.2 Å². The Morgan fingerprint density at radius 1 is 1.33 bits per heavy atom. The van der Waals surface area contributed by atoms with Crippen molar-refractivity contribution in [2.24, 2.45) is 11.3 Å². The van der Waals surface area contributed by atoms with Gasteiger partial charge in [0.05, 0.1) is 0 Å². The molecule has 2 nitrogen and oxygen atoms in total. The molecule has 1 aliphatic heterocycles. The molecule has 0 amide bonds. The molecule has 0 bridgehead atoms. The highest BCUT2D eigenvalue weighted by molar-refractivity contribution is 9.10. The van der Waals surface area contributed by atoms with E-state index in [1.165, 1.54) is 36.1 Å². The Balaban J connectivity index is 1.89. The summed E-state index contributed by atoms with van der Waals surface area (Å²) in [6.07, 6.45) is 2.51. The highest BCUT2D eigenvalue weighted by atomic mass is 79.9. The highest BCUT2D eigenvalue weighted by Crippen LogP contribution is 2.34. The minimum Gasteiger partial charge on any atom is -0.313 e. The minimum absolute atomic E-state index is 0.425. The van der Waals surface area contributed by atoms with Gasteiger partial charge < -0.3 is 10.2 Å². The molecule has 3 heteroatoms. The van der Waals surface area contributed by atoms with Crippen LogP contribution in [0.3, 0.4) is 0 Å². The second kappa shape index (κ2) is 7.26. The largest absolute Gasteiger partial charge is 0.313 e. The first-order valence-electron chi connectivity index (χ1n) is 8.06. The zero-order valence-electron chi connectivity index (χ0n) is 13.8. The number of rotatable bonds is 5. The molecule has 2 unspecified atom stereocenters. The number of nitrogens with zero attached hydrogens (tertiary/aromatic N) is 1. The van der Waals surface area contributed by atoms with E-state index in [-0.39, 0.29) is 0 Å². The van der Waals surface area contributed by atoms with Crippen LogP contribution in [0.25, 0.3) is 0 Å². The molecular formula is C18H29BrN2. The first kappa shape index (κ1) is 17.0. The van der Waals surface area contributed by atoms with Crippen molar-refractivity contribution in [3.8, 4) is 0 Å². The van der Waals surface area contributed by atoms with Crippen LogP contribution >= 0.6 is 15.9 Å². The Labute approximate surface area is 138 Å². The van der Waals surface area contributed by atoms with E-state index in [0.717, 1.165) is 12.3 Å². The first-order chi connectivity index (χ1) is 9.91. The van der Waals surface area contributed by atoms with Gasteiger partial charge in [-0.05, 0) is 55.9 Å². The third-order valence-electron chi connectivity index (χ3n) is 4.86. The first-order valence-corrected chi connectivity index (χ1v) is 8.85. The van der Waals surface area contributed by atoms with Crippen molar-refractivity contribution in [1.29, 1.82) is 0 Å². The molecule has 1 aromatic rings. The quantitative estimate of drug-likeness (QED) is 0.840. The normalized spacial score (nSPS) is 21.7. The summed E-state index contributed by atoms with van der Waals surface area (Å²) in [5.41, 5.74) is 1.81. The Morgan fingerprint density at radius 3 is 2.62 bits per heavy atom. The Hall–Kier alpha value is -0.380. The molecule has 1 heterocycles. The van der Waals surface area contributed by atoms with Crippen LogP contribution in [-0.2, 0) is 0 Å². The average Bonchev–Trinajstić information content (AvgIpc) is 2.90. The Morgan fingerprint density at radius 2 is 2.05 bits per heavy atom. The topological polar surface area (TPSA) is 15.3 Å². The van der Waals surface area contributed by atoms with E-state index < -0.39 is 0 Å². The molecule has 2 rings (SSSR count). The van der Waals surface area contributed by atoms with Crippen LogP contribution in [0.5, 0.6) is 0 Å². The van der Waals surface area contributed by atoms with Gasteiger partial charge in [-0.3, -0.25) is 0 Å². The van der Waals surface area contributed by atoms with Gasteiger partial charge in [0.1, 0.15) is 0 Å². The van der Waals surface area contributed by atoms with Crippen LogP contribution in [0, 0.1) is 11.3 Å². The fourth-order valence-corrected chi connectivity index (χ4v) is 3.83. The van der Waals surface area contributed by atoms with E-state index >= 15 is 0 Å². The van der Waals surface area contributed by atoms with E-state index in [4.69, 9.17) is 0 Å². The summed E-state index contributed by atoms with van der Waals surface area (Å²) >= 11 is 3.67. The standard InChI is InChI=1S/C18H29BrN2/c1-18(2,3)14-9-11-21(13-14)12-10-17(20-4)15-7-5-6-8-16(15)19/h5-8,14,17,20H,9-13H2,1-4H3. The summed E-state index contributed by atoms with van der Waals surface area (Å²) in [5, 5.41) is 3.47. The molecule has 1 aliphatic rings. The van der Waals surface area contributed by atoms with Crippen molar-refractivity contribution >= 4 is 15.9 Å². The maximum absolute atomic E-state index is 3.67. The van der Waals surface area contributed by atoms with Gasteiger partial charge in [-0.2, -0.15) is 0 Å². The molecule has 1 aromatic carbocycles. The van der Waals surface area contributed by atoms with Gasteiger partial charge >= 0.3 is 0 Å². The molecule has 1 fully saturated rings. The molecule has 0 aromatic heterocycles. The maximum Gasteiger partial charge on any atom is 0.0340 e. The van der Waals surface area contributed by atoms with Crippen molar-refractivity contribution < 1.29 is 0 Å².